The lowest BCUT2D eigenvalue weighted by Crippen LogP contribution is -2.00. The summed E-state index contributed by atoms with van der Waals surface area (Å²) in [7, 11) is 0. The summed E-state index contributed by atoms with van der Waals surface area (Å²) >= 11 is 0. The first-order chi connectivity index (χ1) is 7.18. The van der Waals surface area contributed by atoms with Gasteiger partial charge in [0.2, 0.25) is 0 Å². The summed E-state index contributed by atoms with van der Waals surface area (Å²) in [5.41, 5.74) is 0.998. The largest absolute Gasteiger partial charge is 0.478 e. The van der Waals surface area contributed by atoms with Crippen LogP contribution in [0.15, 0.2) is 30.6 Å². The van der Waals surface area contributed by atoms with Gasteiger partial charge in [-0.3, -0.25) is 4.57 Å². The Morgan fingerprint density at radius 3 is 2.87 bits per heavy atom. The molecule has 0 amide bonds. The molecule has 2 aromatic rings. The lowest BCUT2D eigenvalue weighted by molar-refractivity contribution is 0.0697. The van der Waals surface area contributed by atoms with Gasteiger partial charge in [-0.2, -0.15) is 0 Å². The molecule has 0 unspecified atom stereocenters. The van der Waals surface area contributed by atoms with E-state index in [1.54, 1.807) is 36.0 Å². The molecule has 5 heteroatoms. The van der Waals surface area contributed by atoms with Gasteiger partial charge in [-0.15, -0.1) is 10.2 Å². The van der Waals surface area contributed by atoms with E-state index in [0.717, 1.165) is 11.5 Å². The van der Waals surface area contributed by atoms with E-state index in [1.807, 2.05) is 6.07 Å². The minimum Gasteiger partial charge on any atom is -0.478 e. The lowest BCUT2D eigenvalue weighted by Gasteiger charge is -2.04. The topological polar surface area (TPSA) is 68.0 Å². The second-order valence-corrected chi connectivity index (χ2v) is 3.10. The molecule has 0 spiro atoms. The number of rotatable bonds is 2. The first kappa shape index (κ1) is 9.39. The highest BCUT2D eigenvalue weighted by atomic mass is 16.4. The fourth-order valence-corrected chi connectivity index (χ4v) is 1.34. The number of carbonyl (C=O) groups is 1. The van der Waals surface area contributed by atoms with Crippen molar-refractivity contribution in [3.05, 3.63) is 42.0 Å². The average Bonchev–Trinajstić information content (AvgIpc) is 2.64. The molecule has 0 atom stereocenters. The molecule has 0 aliphatic carbocycles. The van der Waals surface area contributed by atoms with Gasteiger partial charge in [-0.1, -0.05) is 6.07 Å². The molecular formula is C10H9N3O2. The van der Waals surface area contributed by atoms with Crippen molar-refractivity contribution in [2.24, 2.45) is 0 Å². The fraction of sp³-hybridized carbons (Fsp3) is 0.100. The van der Waals surface area contributed by atoms with E-state index in [1.165, 1.54) is 0 Å². The zero-order valence-electron chi connectivity index (χ0n) is 8.08. The van der Waals surface area contributed by atoms with Crippen molar-refractivity contribution in [1.29, 1.82) is 0 Å². The minimum absolute atomic E-state index is 0.251. The maximum absolute atomic E-state index is 10.8. The van der Waals surface area contributed by atoms with Crippen molar-refractivity contribution in [1.82, 2.24) is 14.8 Å². The van der Waals surface area contributed by atoms with Crippen LogP contribution in [0, 0.1) is 6.92 Å². The van der Waals surface area contributed by atoms with Crippen LogP contribution in [0.2, 0.25) is 0 Å². The normalized spacial score (nSPS) is 10.2. The molecule has 1 aromatic heterocycles. The van der Waals surface area contributed by atoms with E-state index in [4.69, 9.17) is 5.11 Å². The number of carboxylic acid groups (broad SMARTS) is 1. The highest BCUT2D eigenvalue weighted by molar-refractivity contribution is 5.88. The van der Waals surface area contributed by atoms with Crippen LogP contribution in [-0.4, -0.2) is 25.8 Å². The van der Waals surface area contributed by atoms with Crippen LogP contribution >= 0.6 is 0 Å². The summed E-state index contributed by atoms with van der Waals surface area (Å²) in [6, 6.07) is 6.63. The predicted molar refractivity (Wildman–Crippen MR) is 53.1 cm³/mol. The molecule has 0 bridgehead atoms. The molecular weight excluding hydrogens is 194 g/mol. The monoisotopic (exact) mass is 203 g/mol. The van der Waals surface area contributed by atoms with Crippen molar-refractivity contribution in [3.63, 3.8) is 0 Å². The number of aromatic carboxylic acids is 1. The van der Waals surface area contributed by atoms with Gasteiger partial charge in [0, 0.05) is 5.69 Å². The number of aryl methyl sites for hydroxylation is 1. The first-order valence-corrected chi connectivity index (χ1v) is 4.39. The van der Waals surface area contributed by atoms with Crippen LogP contribution in [0.1, 0.15) is 16.2 Å². The molecule has 1 heterocycles. The molecule has 76 valence electrons. The van der Waals surface area contributed by atoms with E-state index < -0.39 is 5.97 Å². The van der Waals surface area contributed by atoms with Gasteiger partial charge >= 0.3 is 5.97 Å². The van der Waals surface area contributed by atoms with Gasteiger partial charge in [0.1, 0.15) is 12.2 Å². The van der Waals surface area contributed by atoms with Gasteiger partial charge in [0.05, 0.1) is 5.56 Å². The Hall–Kier alpha value is -2.17. The van der Waals surface area contributed by atoms with E-state index in [0.29, 0.717) is 0 Å². The summed E-state index contributed by atoms with van der Waals surface area (Å²) in [6.45, 7) is 1.81. The summed E-state index contributed by atoms with van der Waals surface area (Å²) < 4.78 is 1.73. The number of carboxylic acids is 1. The minimum atomic E-state index is -0.942. The fourth-order valence-electron chi connectivity index (χ4n) is 1.34. The van der Waals surface area contributed by atoms with Crippen LogP contribution in [0.4, 0.5) is 0 Å². The van der Waals surface area contributed by atoms with Gasteiger partial charge in [0.15, 0.2) is 0 Å². The number of hydrogen-bond donors (Lipinski definition) is 1. The maximum atomic E-state index is 10.8. The van der Waals surface area contributed by atoms with Gasteiger partial charge in [-0.25, -0.2) is 4.79 Å². The summed E-state index contributed by atoms with van der Waals surface area (Å²) in [6.07, 6.45) is 1.55. The number of nitrogens with zero attached hydrogens (tertiary/aromatic N) is 3. The summed E-state index contributed by atoms with van der Waals surface area (Å²) in [5.74, 6) is -0.222. The van der Waals surface area contributed by atoms with E-state index in [2.05, 4.69) is 10.2 Å². The number of aromatic nitrogens is 3. The van der Waals surface area contributed by atoms with E-state index in [9.17, 15) is 4.79 Å². The van der Waals surface area contributed by atoms with Crippen molar-refractivity contribution in [2.75, 3.05) is 0 Å². The third-order valence-corrected chi connectivity index (χ3v) is 2.09. The second kappa shape index (κ2) is 3.53. The number of benzene rings is 1. The van der Waals surface area contributed by atoms with Crippen LogP contribution in [0.25, 0.3) is 5.69 Å². The Labute approximate surface area is 86.0 Å². The molecule has 0 radical (unpaired) electrons. The van der Waals surface area contributed by atoms with Crippen molar-refractivity contribution < 1.29 is 9.90 Å². The Kier molecular flexibility index (Phi) is 2.21. The van der Waals surface area contributed by atoms with Crippen molar-refractivity contribution >= 4 is 5.97 Å². The van der Waals surface area contributed by atoms with Gasteiger partial charge in [-0.05, 0) is 25.1 Å². The maximum Gasteiger partial charge on any atom is 0.335 e. The molecule has 0 fully saturated rings. The van der Waals surface area contributed by atoms with Crippen LogP contribution in [0.3, 0.4) is 0 Å². The highest BCUT2D eigenvalue weighted by Gasteiger charge is 2.05. The van der Waals surface area contributed by atoms with Crippen LogP contribution in [0.5, 0.6) is 0 Å². The molecule has 2 rings (SSSR count). The molecule has 0 saturated carbocycles. The quantitative estimate of drug-likeness (QED) is 0.798. The Morgan fingerprint density at radius 2 is 2.27 bits per heavy atom. The lowest BCUT2D eigenvalue weighted by atomic mass is 10.2. The first-order valence-electron chi connectivity index (χ1n) is 4.39. The Bertz CT molecular complexity index is 505. The summed E-state index contributed by atoms with van der Waals surface area (Å²) in [4.78, 5) is 10.8. The van der Waals surface area contributed by atoms with Crippen molar-refractivity contribution in [3.8, 4) is 5.69 Å². The molecule has 5 nitrogen and oxygen atoms in total. The standard InChI is InChI=1S/C10H9N3O2/c1-7-12-11-6-13(7)9-4-2-3-8(5-9)10(14)15/h2-6H,1H3,(H,14,15). The Balaban J connectivity index is 2.50. The second-order valence-electron chi connectivity index (χ2n) is 3.10. The third kappa shape index (κ3) is 1.71. The Morgan fingerprint density at radius 1 is 1.47 bits per heavy atom. The predicted octanol–water partition coefficient (Wildman–Crippen LogP) is 1.27. The molecule has 15 heavy (non-hydrogen) atoms. The zero-order chi connectivity index (χ0) is 10.8. The van der Waals surface area contributed by atoms with Crippen LogP contribution in [-0.2, 0) is 0 Å². The summed E-state index contributed by atoms with van der Waals surface area (Å²) in [5, 5.41) is 16.4. The molecule has 1 N–H and O–H groups in total. The molecule has 0 saturated heterocycles. The van der Waals surface area contributed by atoms with Crippen molar-refractivity contribution in [2.45, 2.75) is 6.92 Å². The number of hydrogen-bond acceptors (Lipinski definition) is 3. The SMILES string of the molecule is Cc1nncn1-c1cccc(C(=O)O)c1. The van der Waals surface area contributed by atoms with Gasteiger partial charge in [0.25, 0.3) is 0 Å². The smallest absolute Gasteiger partial charge is 0.335 e. The average molecular weight is 203 g/mol. The molecule has 0 aliphatic rings. The third-order valence-electron chi connectivity index (χ3n) is 2.09. The van der Waals surface area contributed by atoms with Gasteiger partial charge < -0.3 is 5.11 Å². The highest BCUT2D eigenvalue weighted by Crippen LogP contribution is 2.11. The zero-order valence-corrected chi connectivity index (χ0v) is 8.08. The molecule has 1 aromatic carbocycles. The van der Waals surface area contributed by atoms with E-state index in [-0.39, 0.29) is 5.56 Å². The molecule has 0 aliphatic heterocycles. The van der Waals surface area contributed by atoms with Crippen LogP contribution < -0.4 is 0 Å². The van der Waals surface area contributed by atoms with E-state index >= 15 is 0 Å².